The molecule has 0 heterocycles. The zero-order valence-corrected chi connectivity index (χ0v) is 11.5. The predicted octanol–water partition coefficient (Wildman–Crippen LogP) is 0.836. The van der Waals surface area contributed by atoms with Gasteiger partial charge in [0.25, 0.3) is 0 Å². The van der Waals surface area contributed by atoms with Crippen LogP contribution in [0.5, 0.6) is 0 Å². The molecule has 0 aromatic heterocycles. The van der Waals surface area contributed by atoms with Crippen molar-refractivity contribution in [2.45, 2.75) is 51.4 Å². The van der Waals surface area contributed by atoms with Crippen LogP contribution in [0.3, 0.4) is 0 Å². The molecule has 0 saturated heterocycles. The molecule has 0 aliphatic carbocycles. The molecule has 6 N–H and O–H groups in total. The Kier molecular flexibility index (Phi) is 9.17. The highest BCUT2D eigenvalue weighted by atomic mass is 19.3. The van der Waals surface area contributed by atoms with Gasteiger partial charge in [0.1, 0.15) is 17.8 Å². The Morgan fingerprint density at radius 1 is 1.20 bits per heavy atom. The van der Waals surface area contributed by atoms with Gasteiger partial charge in [0.2, 0.25) is 6.43 Å². The molecular weight excluding hydrogens is 281 g/mol. The maximum absolute atomic E-state index is 13.0. The van der Waals surface area contributed by atoms with E-state index in [-0.39, 0.29) is 6.42 Å². The van der Waals surface area contributed by atoms with E-state index in [1.165, 1.54) is 6.92 Å². The lowest BCUT2D eigenvalue weighted by molar-refractivity contribution is -0.142. The number of nitrogens with two attached hydrogens (primary N) is 2. The summed E-state index contributed by atoms with van der Waals surface area (Å²) in [6.07, 6.45) is -2.56. The van der Waals surface area contributed by atoms with Crippen molar-refractivity contribution in [3.05, 3.63) is 0 Å². The standard InChI is InChI=1S/C6H12FNO2.C5H9F2NO2/c1-3-6(2,7)4(8)5(9)10;1-2(4(6)7)3(8)5(9)10/h4H,3,8H2,1-2H3,(H,9,10);2-4H,8H2,1H3,(H,9,10). The first-order valence-corrected chi connectivity index (χ1v) is 5.82. The summed E-state index contributed by atoms with van der Waals surface area (Å²) in [5, 5.41) is 16.4. The van der Waals surface area contributed by atoms with E-state index in [1.807, 2.05) is 0 Å². The Bertz CT molecular complexity index is 327. The van der Waals surface area contributed by atoms with Crippen molar-refractivity contribution in [3.63, 3.8) is 0 Å². The molecule has 0 amide bonds. The molecule has 0 bridgehead atoms. The first-order chi connectivity index (χ1) is 8.88. The Hall–Kier alpha value is -1.35. The van der Waals surface area contributed by atoms with E-state index in [9.17, 15) is 22.8 Å². The highest BCUT2D eigenvalue weighted by molar-refractivity contribution is 5.74. The summed E-state index contributed by atoms with van der Waals surface area (Å²) in [5.74, 6) is -3.99. The minimum Gasteiger partial charge on any atom is -0.480 e. The number of halogens is 3. The van der Waals surface area contributed by atoms with Crippen LogP contribution in [0.25, 0.3) is 0 Å². The Balaban J connectivity index is 0. The van der Waals surface area contributed by atoms with Crippen LogP contribution >= 0.6 is 0 Å². The van der Waals surface area contributed by atoms with Gasteiger partial charge in [-0.15, -0.1) is 0 Å². The molecule has 9 heteroatoms. The quantitative estimate of drug-likeness (QED) is 0.576. The van der Waals surface area contributed by atoms with Crippen LogP contribution in [-0.4, -0.2) is 46.3 Å². The van der Waals surface area contributed by atoms with Crippen LogP contribution in [0, 0.1) is 5.92 Å². The fourth-order valence-electron chi connectivity index (χ4n) is 0.859. The molecule has 0 aromatic rings. The second-order valence-corrected chi connectivity index (χ2v) is 4.51. The fraction of sp³-hybridized carbons (Fsp3) is 0.818. The number of rotatable bonds is 6. The molecule has 0 aromatic carbocycles. The fourth-order valence-corrected chi connectivity index (χ4v) is 0.859. The number of carboxylic acids is 2. The smallest absolute Gasteiger partial charge is 0.323 e. The monoisotopic (exact) mass is 302 g/mol. The van der Waals surface area contributed by atoms with Gasteiger partial charge in [-0.1, -0.05) is 13.8 Å². The molecule has 4 unspecified atom stereocenters. The molecular formula is C11H21F3N2O4. The number of carboxylic acid groups (broad SMARTS) is 2. The van der Waals surface area contributed by atoms with E-state index in [0.29, 0.717) is 0 Å². The minimum absolute atomic E-state index is 0.112. The van der Waals surface area contributed by atoms with Gasteiger partial charge in [0.05, 0.1) is 0 Å². The number of aliphatic carboxylic acids is 2. The zero-order valence-electron chi connectivity index (χ0n) is 11.5. The van der Waals surface area contributed by atoms with E-state index in [2.05, 4.69) is 0 Å². The lowest BCUT2D eigenvalue weighted by Gasteiger charge is -2.21. The van der Waals surface area contributed by atoms with Crippen molar-refractivity contribution in [2.75, 3.05) is 0 Å². The van der Waals surface area contributed by atoms with Gasteiger partial charge in [-0.2, -0.15) is 0 Å². The Labute approximate surface area is 114 Å². The van der Waals surface area contributed by atoms with Crippen LogP contribution in [0.1, 0.15) is 27.2 Å². The molecule has 0 aliphatic heterocycles. The van der Waals surface area contributed by atoms with Crippen molar-refractivity contribution in [2.24, 2.45) is 17.4 Å². The first kappa shape index (κ1) is 21.0. The molecule has 0 radical (unpaired) electrons. The Morgan fingerprint density at radius 3 is 1.70 bits per heavy atom. The second-order valence-electron chi connectivity index (χ2n) is 4.51. The van der Waals surface area contributed by atoms with E-state index >= 15 is 0 Å². The SMILES string of the molecule is CC(C(F)F)C(N)C(=O)O.CCC(C)(F)C(N)C(=O)O. The second kappa shape index (κ2) is 8.75. The average Bonchev–Trinajstić information content (AvgIpc) is 2.36. The van der Waals surface area contributed by atoms with Crippen LogP contribution < -0.4 is 11.5 Å². The van der Waals surface area contributed by atoms with Crippen molar-refractivity contribution in [1.82, 2.24) is 0 Å². The van der Waals surface area contributed by atoms with Crippen molar-refractivity contribution in [1.29, 1.82) is 0 Å². The molecule has 0 saturated carbocycles. The summed E-state index contributed by atoms with van der Waals surface area (Å²) in [6.45, 7) is 3.85. The molecule has 4 atom stereocenters. The highest BCUT2D eigenvalue weighted by Crippen LogP contribution is 2.18. The predicted molar refractivity (Wildman–Crippen MR) is 66.2 cm³/mol. The summed E-state index contributed by atoms with van der Waals surface area (Å²) in [5.41, 5.74) is 8.11. The summed E-state index contributed by atoms with van der Waals surface area (Å²) in [4.78, 5) is 20.1. The number of carbonyl (C=O) groups is 2. The first-order valence-electron chi connectivity index (χ1n) is 5.82. The van der Waals surface area contributed by atoms with Gasteiger partial charge in [0.15, 0.2) is 0 Å². The average molecular weight is 302 g/mol. The third-order valence-corrected chi connectivity index (χ3v) is 2.85. The van der Waals surface area contributed by atoms with Crippen molar-refractivity contribution in [3.8, 4) is 0 Å². The van der Waals surface area contributed by atoms with Crippen molar-refractivity contribution >= 4 is 11.9 Å². The summed E-state index contributed by atoms with van der Waals surface area (Å²) < 4.78 is 36.3. The highest BCUT2D eigenvalue weighted by Gasteiger charge is 2.34. The number of hydrogen-bond donors (Lipinski definition) is 4. The van der Waals surface area contributed by atoms with Crippen LogP contribution in [-0.2, 0) is 9.59 Å². The topological polar surface area (TPSA) is 127 Å². The summed E-state index contributed by atoms with van der Waals surface area (Å²) in [6, 6.07) is -2.89. The molecule has 0 fully saturated rings. The van der Waals surface area contributed by atoms with E-state index in [1.54, 1.807) is 6.92 Å². The van der Waals surface area contributed by atoms with Crippen molar-refractivity contribution < 1.29 is 33.0 Å². The lowest BCUT2D eigenvalue weighted by atomic mass is 9.97. The molecule has 0 rings (SSSR count). The van der Waals surface area contributed by atoms with Crippen LogP contribution in [0.4, 0.5) is 13.2 Å². The maximum atomic E-state index is 13.0. The zero-order chi connectivity index (χ0) is 16.7. The number of alkyl halides is 3. The Morgan fingerprint density at radius 2 is 1.60 bits per heavy atom. The van der Waals surface area contributed by atoms with E-state index in [0.717, 1.165) is 6.92 Å². The molecule has 0 spiro atoms. The van der Waals surface area contributed by atoms with E-state index in [4.69, 9.17) is 21.7 Å². The molecule has 6 nitrogen and oxygen atoms in total. The normalized spacial score (nSPS) is 18.2. The minimum atomic E-state index is -2.67. The van der Waals surface area contributed by atoms with Gasteiger partial charge in [-0.05, 0) is 13.3 Å². The van der Waals surface area contributed by atoms with Gasteiger partial charge in [-0.25, -0.2) is 13.2 Å². The largest absolute Gasteiger partial charge is 0.480 e. The van der Waals surface area contributed by atoms with Gasteiger partial charge >= 0.3 is 11.9 Å². The number of hydrogen-bond acceptors (Lipinski definition) is 4. The third-order valence-electron chi connectivity index (χ3n) is 2.85. The van der Waals surface area contributed by atoms with Crippen LogP contribution in [0.2, 0.25) is 0 Å². The molecule has 20 heavy (non-hydrogen) atoms. The van der Waals surface area contributed by atoms with E-state index < -0.39 is 42.0 Å². The van der Waals surface area contributed by atoms with Crippen LogP contribution in [0.15, 0.2) is 0 Å². The lowest BCUT2D eigenvalue weighted by Crippen LogP contribution is -2.47. The van der Waals surface area contributed by atoms with Gasteiger partial charge in [0, 0.05) is 5.92 Å². The summed E-state index contributed by atoms with van der Waals surface area (Å²) >= 11 is 0. The maximum Gasteiger partial charge on any atom is 0.323 e. The summed E-state index contributed by atoms with van der Waals surface area (Å²) in [7, 11) is 0. The van der Waals surface area contributed by atoms with Gasteiger partial charge in [-0.3, -0.25) is 9.59 Å². The molecule has 0 aliphatic rings. The third kappa shape index (κ3) is 7.29. The van der Waals surface area contributed by atoms with Gasteiger partial charge < -0.3 is 21.7 Å². The molecule has 120 valence electrons.